The third-order valence-corrected chi connectivity index (χ3v) is 7.22. The van der Waals surface area contributed by atoms with E-state index in [2.05, 4.69) is 27.1 Å². The number of carbonyl (C=O) groups is 1. The molecule has 0 unspecified atom stereocenters. The van der Waals surface area contributed by atoms with Crippen molar-refractivity contribution >= 4 is 23.6 Å². The van der Waals surface area contributed by atoms with Crippen molar-refractivity contribution in [2.75, 3.05) is 59.6 Å². The predicted octanol–water partition coefficient (Wildman–Crippen LogP) is 4.12. The third kappa shape index (κ3) is 8.53. The van der Waals surface area contributed by atoms with Crippen molar-refractivity contribution < 1.29 is 14.3 Å². The molecule has 0 bridgehead atoms. The van der Waals surface area contributed by atoms with Crippen LogP contribution in [0.2, 0.25) is 5.15 Å². The Labute approximate surface area is 231 Å². The number of hydrogen-bond donors (Lipinski definition) is 1. The smallest absolute Gasteiger partial charge is 0.262 e. The molecule has 1 aromatic heterocycles. The molecule has 1 aliphatic rings. The lowest BCUT2D eigenvalue weighted by atomic mass is 9.84. The number of rotatable bonds is 13. The summed E-state index contributed by atoms with van der Waals surface area (Å²) in [7, 11) is 2.15. The van der Waals surface area contributed by atoms with E-state index in [1.54, 1.807) is 18.2 Å². The maximum absolute atomic E-state index is 13.1. The molecule has 9 heteroatoms. The normalized spacial score (nSPS) is 15.2. The van der Waals surface area contributed by atoms with E-state index in [-0.39, 0.29) is 5.57 Å². The highest BCUT2D eigenvalue weighted by molar-refractivity contribution is 6.29. The molecule has 1 aliphatic heterocycles. The molecule has 38 heavy (non-hydrogen) atoms. The van der Waals surface area contributed by atoms with E-state index in [4.69, 9.17) is 21.1 Å². The number of amides is 1. The number of nitrogens with one attached hydrogen (secondary N) is 1. The second kappa shape index (κ2) is 14.8. The van der Waals surface area contributed by atoms with Crippen LogP contribution in [-0.2, 0) is 15.1 Å². The average molecular weight is 540 g/mol. The summed E-state index contributed by atoms with van der Waals surface area (Å²) in [5.41, 5.74) is 0.746. The van der Waals surface area contributed by atoms with Gasteiger partial charge in [0, 0.05) is 32.7 Å². The highest BCUT2D eigenvalue weighted by Gasteiger charge is 2.31. The minimum absolute atomic E-state index is 0.0291. The minimum atomic E-state index is -0.625. The van der Waals surface area contributed by atoms with Gasteiger partial charge >= 0.3 is 0 Å². The first-order chi connectivity index (χ1) is 18.4. The van der Waals surface area contributed by atoms with Crippen molar-refractivity contribution in [1.82, 2.24) is 20.1 Å². The van der Waals surface area contributed by atoms with Crippen LogP contribution < -0.4 is 10.1 Å². The Morgan fingerprint density at radius 1 is 1.11 bits per heavy atom. The number of carbonyl (C=O) groups excluding carboxylic acids is 1. The van der Waals surface area contributed by atoms with Gasteiger partial charge in [-0.2, -0.15) is 5.26 Å². The van der Waals surface area contributed by atoms with Crippen LogP contribution >= 0.6 is 11.6 Å². The van der Waals surface area contributed by atoms with Gasteiger partial charge in [-0.1, -0.05) is 43.6 Å². The van der Waals surface area contributed by atoms with Crippen LogP contribution in [-0.4, -0.2) is 80.3 Å². The quantitative estimate of drug-likeness (QED) is 0.177. The van der Waals surface area contributed by atoms with Crippen molar-refractivity contribution in [1.29, 1.82) is 5.26 Å². The summed E-state index contributed by atoms with van der Waals surface area (Å²) in [6, 6.07) is 14.8. The average Bonchev–Trinajstić information content (AvgIpc) is 2.93. The highest BCUT2D eigenvalue weighted by Crippen LogP contribution is 2.30. The van der Waals surface area contributed by atoms with E-state index in [0.717, 1.165) is 44.0 Å². The maximum atomic E-state index is 13.1. The molecular formula is C29H38ClN5O3. The molecule has 2 heterocycles. The summed E-state index contributed by atoms with van der Waals surface area (Å²) in [4.78, 5) is 22.0. The summed E-state index contributed by atoms with van der Waals surface area (Å²) >= 11 is 5.94. The second-order valence-electron chi connectivity index (χ2n) is 9.43. The number of pyridine rings is 1. The molecule has 204 valence electrons. The highest BCUT2D eigenvalue weighted by atomic mass is 35.5. The van der Waals surface area contributed by atoms with Gasteiger partial charge in [0.25, 0.3) is 5.91 Å². The van der Waals surface area contributed by atoms with Crippen LogP contribution in [0.4, 0.5) is 0 Å². The first-order valence-corrected chi connectivity index (χ1v) is 13.6. The number of piperazine rings is 1. The van der Waals surface area contributed by atoms with Crippen LogP contribution in [0.5, 0.6) is 5.75 Å². The summed E-state index contributed by atoms with van der Waals surface area (Å²) < 4.78 is 11.6. The van der Waals surface area contributed by atoms with Crippen LogP contribution in [0.1, 0.15) is 37.9 Å². The van der Waals surface area contributed by atoms with Crippen molar-refractivity contribution in [2.45, 2.75) is 32.2 Å². The fraction of sp³-hybridized carbons (Fsp3) is 0.483. The van der Waals surface area contributed by atoms with Gasteiger partial charge in [-0.3, -0.25) is 9.69 Å². The summed E-state index contributed by atoms with van der Waals surface area (Å²) in [5.74, 6) is 0.292. The first-order valence-electron chi connectivity index (χ1n) is 13.2. The number of ether oxygens (including phenoxy) is 2. The van der Waals surface area contributed by atoms with E-state index in [1.165, 1.54) is 6.08 Å². The van der Waals surface area contributed by atoms with Gasteiger partial charge in [-0.05, 0) is 55.8 Å². The minimum Gasteiger partial charge on any atom is -0.491 e. The Morgan fingerprint density at radius 3 is 2.45 bits per heavy atom. The molecule has 0 atom stereocenters. The Bertz CT molecular complexity index is 1100. The Morgan fingerprint density at radius 2 is 1.82 bits per heavy atom. The topological polar surface area (TPSA) is 90.7 Å². The lowest BCUT2D eigenvalue weighted by Crippen LogP contribution is -2.45. The molecule has 1 aromatic carbocycles. The van der Waals surface area contributed by atoms with E-state index in [1.807, 2.05) is 44.2 Å². The van der Waals surface area contributed by atoms with Gasteiger partial charge in [0.15, 0.2) is 0 Å². The molecule has 1 fully saturated rings. The monoisotopic (exact) mass is 539 g/mol. The van der Waals surface area contributed by atoms with Crippen LogP contribution in [0, 0.1) is 11.3 Å². The van der Waals surface area contributed by atoms with E-state index < -0.39 is 11.4 Å². The largest absolute Gasteiger partial charge is 0.491 e. The number of nitriles is 1. The molecule has 0 radical (unpaired) electrons. The number of likely N-dealkylation sites (N-methyl/N-ethyl adjacent to an activating group) is 1. The zero-order valence-electron chi connectivity index (χ0n) is 22.6. The Balaban J connectivity index is 1.52. The molecule has 0 saturated carbocycles. The molecule has 2 aromatic rings. The van der Waals surface area contributed by atoms with E-state index >= 15 is 0 Å². The number of nitrogens with zero attached hydrogens (tertiary/aromatic N) is 4. The zero-order valence-corrected chi connectivity index (χ0v) is 23.3. The lowest BCUT2D eigenvalue weighted by molar-refractivity contribution is -0.119. The fourth-order valence-corrected chi connectivity index (χ4v) is 4.62. The van der Waals surface area contributed by atoms with Crippen molar-refractivity contribution in [3.05, 3.63) is 64.4 Å². The molecule has 1 amide bonds. The molecule has 3 rings (SSSR count). The zero-order chi connectivity index (χ0) is 27.4. The van der Waals surface area contributed by atoms with E-state index in [9.17, 15) is 10.1 Å². The Kier molecular flexibility index (Phi) is 11.6. The van der Waals surface area contributed by atoms with Gasteiger partial charge in [0.05, 0.1) is 24.4 Å². The number of halogens is 1. The number of hydrogen-bond acceptors (Lipinski definition) is 7. The molecule has 8 nitrogen and oxygen atoms in total. The molecule has 1 saturated heterocycles. The van der Waals surface area contributed by atoms with Gasteiger partial charge in [0.2, 0.25) is 0 Å². The fourth-order valence-electron chi connectivity index (χ4n) is 4.45. The molecular weight excluding hydrogens is 502 g/mol. The third-order valence-electron chi connectivity index (χ3n) is 7.00. The van der Waals surface area contributed by atoms with Gasteiger partial charge < -0.3 is 19.7 Å². The van der Waals surface area contributed by atoms with Crippen LogP contribution in [0.3, 0.4) is 0 Å². The first kappa shape index (κ1) is 29.6. The lowest BCUT2D eigenvalue weighted by Gasteiger charge is -2.33. The number of benzene rings is 1. The second-order valence-corrected chi connectivity index (χ2v) is 9.82. The SMILES string of the molecule is CCC(CC)(NC(=O)/C(C#N)=C/c1cccc(Cl)n1)c1ccc(OCCOCCN2CCN(C)CC2)cc1. The van der Waals surface area contributed by atoms with Crippen molar-refractivity contribution in [2.24, 2.45) is 0 Å². The van der Waals surface area contributed by atoms with Crippen LogP contribution in [0.15, 0.2) is 48.0 Å². The van der Waals surface area contributed by atoms with Gasteiger partial charge in [0.1, 0.15) is 29.2 Å². The summed E-state index contributed by atoms with van der Waals surface area (Å²) in [6.07, 6.45) is 2.76. The summed E-state index contributed by atoms with van der Waals surface area (Å²) in [6.45, 7) is 11.1. The van der Waals surface area contributed by atoms with Crippen molar-refractivity contribution in [3.8, 4) is 11.8 Å². The predicted molar refractivity (Wildman–Crippen MR) is 150 cm³/mol. The van der Waals surface area contributed by atoms with E-state index in [0.29, 0.717) is 43.5 Å². The van der Waals surface area contributed by atoms with Gasteiger partial charge in [-0.25, -0.2) is 4.98 Å². The molecule has 1 N–H and O–H groups in total. The number of aromatic nitrogens is 1. The standard InChI is InChI=1S/C29H38ClN5O3/c1-4-29(5-2,33-28(36)23(22-31)21-25-7-6-8-27(30)32-25)24-9-11-26(12-10-24)38-20-19-37-18-17-35-15-13-34(3)14-16-35/h6-12,21H,4-5,13-20H2,1-3H3,(H,33,36)/b23-21+. The van der Waals surface area contributed by atoms with Crippen LogP contribution in [0.25, 0.3) is 6.08 Å². The molecule has 0 spiro atoms. The summed E-state index contributed by atoms with van der Waals surface area (Å²) in [5, 5.41) is 13.0. The van der Waals surface area contributed by atoms with Gasteiger partial charge in [-0.15, -0.1) is 0 Å². The Hall–Kier alpha value is -2.96. The molecule has 0 aliphatic carbocycles. The maximum Gasteiger partial charge on any atom is 0.262 e. The van der Waals surface area contributed by atoms with Crippen molar-refractivity contribution in [3.63, 3.8) is 0 Å².